The van der Waals surface area contributed by atoms with Gasteiger partial charge in [0, 0.05) is 30.7 Å². The van der Waals surface area contributed by atoms with Crippen LogP contribution in [0.5, 0.6) is 0 Å². The third kappa shape index (κ3) is 3.07. The topological polar surface area (TPSA) is 35.5 Å². The number of nitrogens with zero attached hydrogens (tertiary/aromatic N) is 1. The van der Waals surface area contributed by atoms with E-state index >= 15 is 0 Å². The third-order valence-corrected chi connectivity index (χ3v) is 4.20. The third-order valence-electron chi connectivity index (χ3n) is 3.35. The minimum absolute atomic E-state index is 0.119. The van der Waals surface area contributed by atoms with Crippen LogP contribution >= 0.6 is 15.9 Å². The predicted octanol–water partition coefficient (Wildman–Crippen LogP) is 1.70. The second kappa shape index (κ2) is 5.96. The fourth-order valence-electron chi connectivity index (χ4n) is 2.24. The van der Waals surface area contributed by atoms with Crippen molar-refractivity contribution in [3.05, 3.63) is 33.8 Å². The summed E-state index contributed by atoms with van der Waals surface area (Å²) >= 11 is 3.56. The van der Waals surface area contributed by atoms with Crippen molar-refractivity contribution in [1.82, 2.24) is 10.2 Å². The molecule has 0 aromatic heterocycles. The Morgan fingerprint density at radius 1 is 1.41 bits per heavy atom. The highest BCUT2D eigenvalue weighted by Crippen LogP contribution is 2.25. The zero-order chi connectivity index (χ0) is 12.3. The molecule has 94 valence electrons. The van der Waals surface area contributed by atoms with E-state index in [-0.39, 0.29) is 12.6 Å². The fraction of sp³-hybridized carbons (Fsp3) is 0.538. The number of aliphatic hydroxyl groups is 1. The highest BCUT2D eigenvalue weighted by Gasteiger charge is 2.21. The first kappa shape index (κ1) is 13.0. The summed E-state index contributed by atoms with van der Waals surface area (Å²) in [6.07, 6.45) is 0. The van der Waals surface area contributed by atoms with Crippen LogP contribution in [0.1, 0.15) is 17.2 Å². The Morgan fingerprint density at radius 2 is 2.12 bits per heavy atom. The summed E-state index contributed by atoms with van der Waals surface area (Å²) < 4.78 is 1.11. The first-order chi connectivity index (χ1) is 8.22. The van der Waals surface area contributed by atoms with Crippen LogP contribution in [0.15, 0.2) is 22.7 Å². The molecule has 4 heteroatoms. The van der Waals surface area contributed by atoms with E-state index in [1.54, 1.807) is 0 Å². The molecule has 0 bridgehead atoms. The Balaban J connectivity index is 2.18. The van der Waals surface area contributed by atoms with Crippen molar-refractivity contribution in [3.8, 4) is 0 Å². The van der Waals surface area contributed by atoms with Crippen LogP contribution < -0.4 is 5.32 Å². The van der Waals surface area contributed by atoms with Gasteiger partial charge in [0.25, 0.3) is 0 Å². The van der Waals surface area contributed by atoms with Crippen LogP contribution in [-0.2, 0) is 0 Å². The molecule has 0 spiro atoms. The average Bonchev–Trinajstić information content (AvgIpc) is 2.36. The Labute approximate surface area is 111 Å². The lowest BCUT2D eigenvalue weighted by Crippen LogP contribution is -2.46. The molecule has 1 atom stereocenters. The number of nitrogens with one attached hydrogen (secondary N) is 1. The number of hydrogen-bond donors (Lipinski definition) is 2. The van der Waals surface area contributed by atoms with Gasteiger partial charge in [-0.3, -0.25) is 4.90 Å². The number of aryl methyl sites for hydroxylation is 1. The number of rotatable bonds is 3. The second-order valence-electron chi connectivity index (χ2n) is 4.49. The molecule has 2 N–H and O–H groups in total. The maximum atomic E-state index is 9.61. The lowest BCUT2D eigenvalue weighted by Gasteiger charge is -2.34. The van der Waals surface area contributed by atoms with Gasteiger partial charge in [-0.25, -0.2) is 0 Å². The summed E-state index contributed by atoms with van der Waals surface area (Å²) in [5.74, 6) is 0. The summed E-state index contributed by atoms with van der Waals surface area (Å²) in [4.78, 5) is 2.34. The van der Waals surface area contributed by atoms with Crippen molar-refractivity contribution < 1.29 is 5.11 Å². The molecule has 1 aliphatic rings. The Bertz CT molecular complexity index is 378. The van der Waals surface area contributed by atoms with E-state index in [1.807, 2.05) is 0 Å². The van der Waals surface area contributed by atoms with Crippen LogP contribution in [-0.4, -0.2) is 42.8 Å². The molecular formula is C13H19BrN2O. The van der Waals surface area contributed by atoms with Gasteiger partial charge in [0.2, 0.25) is 0 Å². The molecular weight excluding hydrogens is 280 g/mol. The van der Waals surface area contributed by atoms with Gasteiger partial charge in [-0.15, -0.1) is 0 Å². The summed E-state index contributed by atoms with van der Waals surface area (Å²) in [6.45, 7) is 6.25. The molecule has 0 amide bonds. The molecule has 17 heavy (non-hydrogen) atoms. The largest absolute Gasteiger partial charge is 0.394 e. The molecule has 1 aromatic carbocycles. The summed E-state index contributed by atoms with van der Waals surface area (Å²) in [5, 5.41) is 12.9. The van der Waals surface area contributed by atoms with Gasteiger partial charge in [-0.1, -0.05) is 28.1 Å². The molecule has 1 saturated heterocycles. The number of hydrogen-bond acceptors (Lipinski definition) is 3. The van der Waals surface area contributed by atoms with Crippen LogP contribution in [0.3, 0.4) is 0 Å². The van der Waals surface area contributed by atoms with Gasteiger partial charge in [0.15, 0.2) is 0 Å². The molecule has 1 aliphatic heterocycles. The van der Waals surface area contributed by atoms with Crippen LogP contribution in [0.4, 0.5) is 0 Å². The quantitative estimate of drug-likeness (QED) is 0.892. The van der Waals surface area contributed by atoms with Crippen molar-refractivity contribution in [2.24, 2.45) is 0 Å². The van der Waals surface area contributed by atoms with Crippen LogP contribution in [0.2, 0.25) is 0 Å². The number of aliphatic hydroxyl groups excluding tert-OH is 1. The fourth-order valence-corrected chi connectivity index (χ4v) is 2.64. The summed E-state index contributed by atoms with van der Waals surface area (Å²) in [7, 11) is 0. The zero-order valence-corrected chi connectivity index (χ0v) is 11.7. The highest BCUT2D eigenvalue weighted by molar-refractivity contribution is 9.10. The predicted molar refractivity (Wildman–Crippen MR) is 73.1 cm³/mol. The van der Waals surface area contributed by atoms with E-state index in [0.29, 0.717) is 0 Å². The minimum atomic E-state index is 0.119. The van der Waals surface area contributed by atoms with Gasteiger partial charge in [-0.05, 0) is 24.1 Å². The first-order valence-electron chi connectivity index (χ1n) is 6.04. The summed E-state index contributed by atoms with van der Waals surface area (Å²) in [5.41, 5.74) is 2.41. The van der Waals surface area contributed by atoms with Crippen LogP contribution in [0.25, 0.3) is 0 Å². The number of benzene rings is 1. The molecule has 0 radical (unpaired) electrons. The molecule has 2 rings (SSSR count). The van der Waals surface area contributed by atoms with Gasteiger partial charge >= 0.3 is 0 Å². The molecule has 0 saturated carbocycles. The van der Waals surface area contributed by atoms with Crippen molar-refractivity contribution >= 4 is 15.9 Å². The Morgan fingerprint density at radius 3 is 2.71 bits per heavy atom. The lowest BCUT2D eigenvalue weighted by molar-refractivity contribution is 0.111. The normalized spacial score (nSPS) is 19.2. The smallest absolute Gasteiger partial charge is 0.0628 e. The lowest BCUT2D eigenvalue weighted by atomic mass is 10.0. The van der Waals surface area contributed by atoms with Crippen molar-refractivity contribution in [2.45, 2.75) is 13.0 Å². The molecule has 3 nitrogen and oxygen atoms in total. The van der Waals surface area contributed by atoms with Crippen molar-refractivity contribution in [2.75, 3.05) is 32.8 Å². The Kier molecular flexibility index (Phi) is 4.56. The standard InChI is InChI=1S/C13H19BrN2O/c1-10-2-3-11(8-12(10)14)13(9-17)16-6-4-15-5-7-16/h2-3,8,13,15,17H,4-7,9H2,1H3/t13-/m1/s1. The van der Waals surface area contributed by atoms with E-state index in [0.717, 1.165) is 30.7 Å². The van der Waals surface area contributed by atoms with E-state index in [1.165, 1.54) is 11.1 Å². The first-order valence-corrected chi connectivity index (χ1v) is 6.83. The monoisotopic (exact) mass is 298 g/mol. The second-order valence-corrected chi connectivity index (χ2v) is 5.35. The number of piperazine rings is 1. The summed E-state index contributed by atoms with van der Waals surface area (Å²) in [6, 6.07) is 6.46. The van der Waals surface area contributed by atoms with Crippen molar-refractivity contribution in [3.63, 3.8) is 0 Å². The molecule has 1 heterocycles. The molecule has 0 aliphatic carbocycles. The average molecular weight is 299 g/mol. The SMILES string of the molecule is Cc1ccc([C@@H](CO)N2CCNCC2)cc1Br. The van der Waals surface area contributed by atoms with E-state index in [4.69, 9.17) is 0 Å². The zero-order valence-electron chi connectivity index (χ0n) is 10.1. The Hall–Kier alpha value is -0.420. The van der Waals surface area contributed by atoms with Crippen LogP contribution in [0, 0.1) is 6.92 Å². The van der Waals surface area contributed by atoms with Gasteiger partial charge in [0.05, 0.1) is 12.6 Å². The van der Waals surface area contributed by atoms with E-state index in [2.05, 4.69) is 51.3 Å². The molecule has 1 fully saturated rings. The van der Waals surface area contributed by atoms with Gasteiger partial charge in [-0.2, -0.15) is 0 Å². The molecule has 1 aromatic rings. The van der Waals surface area contributed by atoms with Gasteiger partial charge in [0.1, 0.15) is 0 Å². The minimum Gasteiger partial charge on any atom is -0.394 e. The molecule has 0 unspecified atom stereocenters. The highest BCUT2D eigenvalue weighted by atomic mass is 79.9. The maximum absolute atomic E-state index is 9.61. The maximum Gasteiger partial charge on any atom is 0.0628 e. The number of halogens is 1. The van der Waals surface area contributed by atoms with Gasteiger partial charge < -0.3 is 10.4 Å². The van der Waals surface area contributed by atoms with E-state index < -0.39 is 0 Å². The van der Waals surface area contributed by atoms with Crippen molar-refractivity contribution in [1.29, 1.82) is 0 Å². The van der Waals surface area contributed by atoms with E-state index in [9.17, 15) is 5.11 Å².